The highest BCUT2D eigenvalue weighted by atomic mass is 16.6. The summed E-state index contributed by atoms with van der Waals surface area (Å²) in [6.07, 6.45) is 0.419. The van der Waals surface area contributed by atoms with Crippen LogP contribution in [0.2, 0.25) is 0 Å². The first-order valence-corrected chi connectivity index (χ1v) is 6.70. The summed E-state index contributed by atoms with van der Waals surface area (Å²) in [5.41, 5.74) is -1.72. The van der Waals surface area contributed by atoms with Crippen LogP contribution in [0.15, 0.2) is 0 Å². The van der Waals surface area contributed by atoms with Gasteiger partial charge >= 0.3 is 12.1 Å². The molecule has 1 aliphatic carbocycles. The van der Waals surface area contributed by atoms with Gasteiger partial charge < -0.3 is 9.84 Å². The molecular weight excluding hydrogens is 246 g/mol. The molecule has 1 saturated carbocycles. The normalized spacial score (nSPS) is 26.8. The molecule has 1 fully saturated rings. The van der Waals surface area contributed by atoms with E-state index in [1.165, 1.54) is 11.9 Å². The predicted octanol–water partition coefficient (Wildman–Crippen LogP) is 2.74. The Hall–Kier alpha value is -1.26. The van der Waals surface area contributed by atoms with E-state index in [-0.39, 0.29) is 0 Å². The van der Waals surface area contributed by atoms with Gasteiger partial charge in [0, 0.05) is 7.05 Å². The molecule has 0 heterocycles. The van der Waals surface area contributed by atoms with Crippen molar-refractivity contribution in [2.75, 3.05) is 7.05 Å². The molecular formula is C14H25NO4. The molecule has 0 spiro atoms. The monoisotopic (exact) mass is 271 g/mol. The molecule has 0 aromatic heterocycles. The standard InChI is InChI=1S/C14H25NO4/c1-9(2)10-7-14(8-10,11(16)17)15(6)12(18)19-13(3,4)5/h9-10H,7-8H2,1-6H3,(H,16,17). The Labute approximate surface area is 114 Å². The number of carbonyl (C=O) groups is 2. The van der Waals surface area contributed by atoms with E-state index in [4.69, 9.17) is 4.74 Å². The van der Waals surface area contributed by atoms with Crippen molar-refractivity contribution in [3.8, 4) is 0 Å². The maximum Gasteiger partial charge on any atom is 0.410 e. The second-order valence-electron chi connectivity index (χ2n) is 6.79. The number of aliphatic carboxylic acids is 1. The number of likely N-dealkylation sites (N-methyl/N-ethyl adjacent to an activating group) is 1. The van der Waals surface area contributed by atoms with Gasteiger partial charge in [-0.15, -0.1) is 0 Å². The number of amides is 1. The van der Waals surface area contributed by atoms with Gasteiger partial charge in [0.25, 0.3) is 0 Å². The van der Waals surface area contributed by atoms with E-state index in [9.17, 15) is 14.7 Å². The second kappa shape index (κ2) is 5.02. The van der Waals surface area contributed by atoms with Gasteiger partial charge in [-0.1, -0.05) is 13.8 Å². The Morgan fingerprint density at radius 1 is 1.32 bits per heavy atom. The molecule has 0 unspecified atom stereocenters. The fourth-order valence-corrected chi connectivity index (χ4v) is 2.38. The Morgan fingerprint density at radius 3 is 2.11 bits per heavy atom. The highest BCUT2D eigenvalue weighted by molar-refractivity contribution is 5.85. The second-order valence-corrected chi connectivity index (χ2v) is 6.79. The van der Waals surface area contributed by atoms with Gasteiger partial charge in [0.15, 0.2) is 0 Å². The van der Waals surface area contributed by atoms with Gasteiger partial charge in [0.1, 0.15) is 11.1 Å². The Bertz CT molecular complexity index is 364. The number of carbonyl (C=O) groups excluding carboxylic acids is 1. The average Bonchev–Trinajstić information content (AvgIpc) is 2.11. The third-order valence-corrected chi connectivity index (χ3v) is 3.85. The molecule has 0 atom stereocenters. The minimum absolute atomic E-state index is 0.348. The van der Waals surface area contributed by atoms with Crippen molar-refractivity contribution in [3.63, 3.8) is 0 Å². The van der Waals surface area contributed by atoms with E-state index in [1.807, 2.05) is 0 Å². The molecule has 1 amide bonds. The summed E-state index contributed by atoms with van der Waals surface area (Å²) < 4.78 is 5.25. The van der Waals surface area contributed by atoms with Crippen LogP contribution in [0.4, 0.5) is 4.79 Å². The third-order valence-electron chi connectivity index (χ3n) is 3.85. The Kier molecular flexibility index (Phi) is 4.17. The van der Waals surface area contributed by atoms with Crippen molar-refractivity contribution in [1.82, 2.24) is 4.90 Å². The van der Waals surface area contributed by atoms with Crippen molar-refractivity contribution in [3.05, 3.63) is 0 Å². The van der Waals surface area contributed by atoms with Gasteiger partial charge in [-0.25, -0.2) is 9.59 Å². The van der Waals surface area contributed by atoms with Crippen LogP contribution in [0.1, 0.15) is 47.5 Å². The molecule has 5 heteroatoms. The van der Waals surface area contributed by atoms with E-state index in [2.05, 4.69) is 13.8 Å². The summed E-state index contributed by atoms with van der Waals surface area (Å²) in [6, 6.07) is 0. The van der Waals surface area contributed by atoms with E-state index < -0.39 is 23.2 Å². The lowest BCUT2D eigenvalue weighted by atomic mass is 9.63. The summed E-state index contributed by atoms with van der Waals surface area (Å²) in [5, 5.41) is 9.45. The van der Waals surface area contributed by atoms with Crippen molar-refractivity contribution >= 4 is 12.1 Å². The quantitative estimate of drug-likeness (QED) is 0.857. The van der Waals surface area contributed by atoms with Crippen LogP contribution < -0.4 is 0 Å². The van der Waals surface area contributed by atoms with Crippen molar-refractivity contribution < 1.29 is 19.4 Å². The zero-order valence-electron chi connectivity index (χ0n) is 12.7. The lowest BCUT2D eigenvalue weighted by Gasteiger charge is -2.50. The SMILES string of the molecule is CC(C)C1CC(C(=O)O)(N(C)C(=O)OC(C)(C)C)C1. The number of rotatable bonds is 3. The molecule has 1 N–H and O–H groups in total. The number of carboxylic acid groups (broad SMARTS) is 1. The summed E-state index contributed by atoms with van der Waals surface area (Å²) in [4.78, 5) is 24.8. The van der Waals surface area contributed by atoms with Crippen LogP contribution in [0, 0.1) is 11.8 Å². The predicted molar refractivity (Wildman–Crippen MR) is 71.9 cm³/mol. The Morgan fingerprint density at radius 2 is 1.79 bits per heavy atom. The molecule has 0 radical (unpaired) electrons. The molecule has 1 rings (SSSR count). The van der Waals surface area contributed by atoms with Gasteiger partial charge in [-0.2, -0.15) is 0 Å². The zero-order valence-corrected chi connectivity index (χ0v) is 12.7. The minimum Gasteiger partial charge on any atom is -0.479 e. The van der Waals surface area contributed by atoms with Gasteiger partial charge in [-0.3, -0.25) is 4.90 Å². The number of nitrogens with zero attached hydrogens (tertiary/aromatic N) is 1. The Balaban J connectivity index is 2.80. The average molecular weight is 271 g/mol. The molecule has 0 aliphatic heterocycles. The first kappa shape index (κ1) is 15.8. The number of hydrogen-bond donors (Lipinski definition) is 1. The first-order valence-electron chi connectivity index (χ1n) is 6.70. The van der Waals surface area contributed by atoms with Gasteiger partial charge in [0.05, 0.1) is 0 Å². The molecule has 5 nitrogen and oxygen atoms in total. The third kappa shape index (κ3) is 3.19. The van der Waals surface area contributed by atoms with Crippen LogP contribution in [-0.4, -0.2) is 40.3 Å². The fraction of sp³-hybridized carbons (Fsp3) is 0.857. The molecule has 1 aliphatic rings. The van der Waals surface area contributed by atoms with E-state index in [0.717, 1.165) is 0 Å². The topological polar surface area (TPSA) is 66.8 Å². The fourth-order valence-electron chi connectivity index (χ4n) is 2.38. The highest BCUT2D eigenvalue weighted by Crippen LogP contribution is 2.46. The molecule has 19 heavy (non-hydrogen) atoms. The maximum atomic E-state index is 12.0. The lowest BCUT2D eigenvalue weighted by molar-refractivity contribution is -0.161. The molecule has 0 bridgehead atoms. The smallest absolute Gasteiger partial charge is 0.410 e. The summed E-state index contributed by atoms with van der Waals surface area (Å²) >= 11 is 0. The van der Waals surface area contributed by atoms with Crippen LogP contribution >= 0.6 is 0 Å². The number of ether oxygens (including phenoxy) is 1. The summed E-state index contributed by atoms with van der Waals surface area (Å²) in [6.45, 7) is 9.45. The van der Waals surface area contributed by atoms with E-state index in [1.54, 1.807) is 20.8 Å². The highest BCUT2D eigenvalue weighted by Gasteiger charge is 2.56. The molecule has 110 valence electrons. The van der Waals surface area contributed by atoms with Crippen molar-refractivity contribution in [1.29, 1.82) is 0 Å². The van der Waals surface area contributed by atoms with Crippen LogP contribution in [0.25, 0.3) is 0 Å². The van der Waals surface area contributed by atoms with Crippen molar-refractivity contribution in [2.45, 2.75) is 58.6 Å². The molecule has 0 aromatic carbocycles. The van der Waals surface area contributed by atoms with Gasteiger partial charge in [0.2, 0.25) is 0 Å². The maximum absolute atomic E-state index is 12.0. The van der Waals surface area contributed by atoms with E-state index >= 15 is 0 Å². The summed E-state index contributed by atoms with van der Waals surface area (Å²) in [7, 11) is 1.51. The van der Waals surface area contributed by atoms with Crippen LogP contribution in [-0.2, 0) is 9.53 Å². The van der Waals surface area contributed by atoms with E-state index in [0.29, 0.717) is 24.7 Å². The van der Waals surface area contributed by atoms with Crippen LogP contribution in [0.3, 0.4) is 0 Å². The summed E-state index contributed by atoms with van der Waals surface area (Å²) in [5.74, 6) is -0.168. The zero-order chi connectivity index (χ0) is 15.0. The first-order chi connectivity index (χ1) is 8.49. The largest absolute Gasteiger partial charge is 0.479 e. The number of hydrogen-bond acceptors (Lipinski definition) is 3. The van der Waals surface area contributed by atoms with Crippen LogP contribution in [0.5, 0.6) is 0 Å². The van der Waals surface area contributed by atoms with Crippen molar-refractivity contribution in [2.24, 2.45) is 11.8 Å². The molecule has 0 saturated heterocycles. The van der Waals surface area contributed by atoms with Gasteiger partial charge in [-0.05, 0) is 45.4 Å². The lowest BCUT2D eigenvalue weighted by Crippen LogP contribution is -2.64. The number of carboxylic acids is 1. The minimum atomic E-state index is -1.10. The molecule has 0 aromatic rings.